The molecule has 2 saturated heterocycles. The van der Waals surface area contributed by atoms with E-state index in [0.717, 1.165) is 9.80 Å². The van der Waals surface area contributed by atoms with Crippen LogP contribution in [0.15, 0.2) is 31.9 Å². The molecule has 10 atom stereocenters. The number of nitrogens with zero attached hydrogens (tertiary/aromatic N) is 6. The summed E-state index contributed by atoms with van der Waals surface area (Å²) in [5.74, 6) is -2.43. The highest BCUT2D eigenvalue weighted by Crippen LogP contribution is 2.46. The van der Waals surface area contributed by atoms with E-state index >= 15 is 0 Å². The van der Waals surface area contributed by atoms with Gasteiger partial charge in [0.2, 0.25) is 0 Å². The Morgan fingerprint density at radius 2 is 1.21 bits per heavy atom. The maximum absolute atomic E-state index is 12.9. The second kappa shape index (κ2) is 18.8. The molecule has 6 N–H and O–H groups in total. The van der Waals surface area contributed by atoms with E-state index in [9.17, 15) is 33.6 Å². The Morgan fingerprint density at radius 3 is 1.65 bits per heavy atom. The van der Waals surface area contributed by atoms with Crippen LogP contribution in [0.2, 0.25) is 0 Å². The van der Waals surface area contributed by atoms with Crippen molar-refractivity contribution in [2.75, 3.05) is 28.3 Å². The van der Waals surface area contributed by atoms with Crippen molar-refractivity contribution in [2.24, 2.45) is 22.8 Å². The van der Waals surface area contributed by atoms with Gasteiger partial charge in [-0.05, 0) is 33.6 Å². The van der Waals surface area contributed by atoms with Gasteiger partial charge in [0.25, 0.3) is 51.8 Å². The van der Waals surface area contributed by atoms with E-state index in [4.69, 9.17) is 38.6 Å². The zero-order chi connectivity index (χ0) is 46.5. The summed E-state index contributed by atoms with van der Waals surface area (Å²) in [6.07, 6.45) is -0.451. The zero-order valence-electron chi connectivity index (χ0n) is 36.7. The Kier molecular flexibility index (Phi) is 14.3. The fourth-order valence-electron chi connectivity index (χ4n) is 8.38. The first-order chi connectivity index (χ1) is 29.7. The van der Waals surface area contributed by atoms with E-state index in [0.29, 0.717) is 12.8 Å². The molecular weight excluding hydrogens is 866 g/mol. The van der Waals surface area contributed by atoms with Gasteiger partial charge in [-0.25, -0.2) is 14.8 Å². The van der Waals surface area contributed by atoms with Crippen LogP contribution in [0.4, 0.5) is 0 Å². The summed E-state index contributed by atoms with van der Waals surface area (Å²) in [6.45, 7) is 12.2. The third-order valence-electron chi connectivity index (χ3n) is 11.8. The van der Waals surface area contributed by atoms with Gasteiger partial charge in [-0.2, -0.15) is 0 Å². The fraction of sp³-hybridized carbons (Fsp3) is 0.553. The number of ether oxygens (including phenoxy) is 2. The molecule has 63 heavy (non-hydrogen) atoms. The highest BCUT2D eigenvalue weighted by Gasteiger charge is 2.48. The Labute approximate surface area is 363 Å². The molecule has 3 aromatic heterocycles. The number of imidazole rings is 1. The lowest BCUT2D eigenvalue weighted by atomic mass is 9.99. The molecule has 0 saturated carbocycles. The van der Waals surface area contributed by atoms with E-state index in [1.807, 2.05) is 27.7 Å². The van der Waals surface area contributed by atoms with Crippen molar-refractivity contribution >= 4 is 63.0 Å². The SMILES string of the molecule is CCC1OC(n2c(C)c(C3=C(C)C(=O)N(C)C3=O)c(=O)[nH]c2=O)C(C)C1OP(N)OC.CCC1OC(n2c(C3=C(C)C(=O)N(C)C3=O)nc3c(=O)[nH]cnc32)C(C)C1OP(N)OC. The van der Waals surface area contributed by atoms with Crippen LogP contribution >= 0.6 is 17.1 Å². The average molecular weight is 919 g/mol. The summed E-state index contributed by atoms with van der Waals surface area (Å²) in [5.41, 5.74) is 10.8. The highest BCUT2D eigenvalue weighted by atomic mass is 31.2. The number of nitrogens with two attached hydrogens (primary N) is 2. The normalized spacial score (nSPS) is 27.4. The first-order valence-electron chi connectivity index (χ1n) is 20.0. The molecule has 0 bridgehead atoms. The number of hydrogen-bond acceptors (Lipinski definition) is 17. The first-order valence-corrected chi connectivity index (χ1v) is 22.5. The number of imide groups is 2. The number of aromatic amines is 2. The monoisotopic (exact) mass is 918 g/mol. The predicted molar refractivity (Wildman–Crippen MR) is 228 cm³/mol. The summed E-state index contributed by atoms with van der Waals surface area (Å²) in [7, 11) is 2.45. The van der Waals surface area contributed by atoms with Gasteiger partial charge in [0.05, 0.1) is 47.5 Å². The molecule has 0 spiro atoms. The summed E-state index contributed by atoms with van der Waals surface area (Å²) in [6, 6.07) is 0. The number of likely N-dealkylation sites (N-methyl/N-ethyl adjacent to an activating group) is 2. The molecule has 23 nitrogen and oxygen atoms in total. The number of fused-ring (bicyclic) bond motifs is 1. The minimum absolute atomic E-state index is 0.0182. The third-order valence-corrected chi connectivity index (χ3v) is 13.4. The van der Waals surface area contributed by atoms with Gasteiger partial charge in [-0.15, -0.1) is 0 Å². The molecule has 2 fully saturated rings. The van der Waals surface area contributed by atoms with E-state index in [1.54, 1.807) is 18.4 Å². The summed E-state index contributed by atoms with van der Waals surface area (Å²) in [4.78, 5) is 104. The molecule has 3 aromatic rings. The Morgan fingerprint density at radius 1 is 0.730 bits per heavy atom. The second-order valence-electron chi connectivity index (χ2n) is 15.4. The first kappa shape index (κ1) is 47.8. The molecule has 7 heterocycles. The van der Waals surface area contributed by atoms with Crippen LogP contribution in [0.3, 0.4) is 0 Å². The van der Waals surface area contributed by atoms with Crippen molar-refractivity contribution in [3.63, 3.8) is 0 Å². The van der Waals surface area contributed by atoms with Crippen LogP contribution < -0.4 is 27.8 Å². The van der Waals surface area contributed by atoms with Crippen LogP contribution in [-0.4, -0.2) is 115 Å². The van der Waals surface area contributed by atoms with Crippen LogP contribution in [0.5, 0.6) is 0 Å². The maximum Gasteiger partial charge on any atom is 0.330 e. The molecule has 0 aliphatic carbocycles. The van der Waals surface area contributed by atoms with Gasteiger partial charge in [0, 0.05) is 57.0 Å². The largest absolute Gasteiger partial charge is 0.352 e. The minimum Gasteiger partial charge on any atom is -0.352 e. The number of carbonyl (C=O) groups is 4. The van der Waals surface area contributed by atoms with Gasteiger partial charge in [-0.1, -0.05) is 27.7 Å². The number of rotatable bonds is 12. The van der Waals surface area contributed by atoms with Crippen LogP contribution in [0.1, 0.15) is 83.9 Å². The third kappa shape index (κ3) is 8.31. The lowest BCUT2D eigenvalue weighted by Gasteiger charge is -2.24. The Bertz CT molecular complexity index is 2590. The number of nitrogens with one attached hydrogen (secondary N) is 2. The van der Waals surface area contributed by atoms with E-state index in [1.165, 1.54) is 46.1 Å². The van der Waals surface area contributed by atoms with Crippen LogP contribution in [-0.2, 0) is 46.7 Å². The van der Waals surface area contributed by atoms with Gasteiger partial charge < -0.3 is 32.6 Å². The predicted octanol–water partition coefficient (Wildman–Crippen LogP) is 1.83. The molecule has 4 amide bonds. The second-order valence-corrected chi connectivity index (χ2v) is 17.7. The lowest BCUT2D eigenvalue weighted by molar-refractivity contribution is -0.136. The Hall–Kier alpha value is -4.67. The Balaban J connectivity index is 0.000000210. The number of carbonyl (C=O) groups excluding carboxylic acids is 4. The smallest absolute Gasteiger partial charge is 0.330 e. The van der Waals surface area contributed by atoms with Crippen molar-refractivity contribution in [3.8, 4) is 0 Å². The average Bonchev–Trinajstić information content (AvgIpc) is 3.98. The van der Waals surface area contributed by atoms with Crippen molar-refractivity contribution in [2.45, 2.75) is 98.2 Å². The lowest BCUT2D eigenvalue weighted by Crippen LogP contribution is -2.39. The summed E-state index contributed by atoms with van der Waals surface area (Å²) < 4.78 is 37.2. The van der Waals surface area contributed by atoms with E-state index in [-0.39, 0.29) is 74.6 Å². The highest BCUT2D eigenvalue weighted by molar-refractivity contribution is 7.44. The van der Waals surface area contributed by atoms with Crippen molar-refractivity contribution in [1.82, 2.24) is 38.9 Å². The van der Waals surface area contributed by atoms with Crippen LogP contribution in [0, 0.1) is 18.8 Å². The van der Waals surface area contributed by atoms with Gasteiger partial charge in [0.15, 0.2) is 17.0 Å². The molecule has 25 heteroatoms. The number of amides is 4. The molecule has 4 aliphatic rings. The van der Waals surface area contributed by atoms with Gasteiger partial charge in [-0.3, -0.25) is 63.7 Å². The number of hydrogen-bond donors (Lipinski definition) is 4. The molecule has 10 unspecified atom stereocenters. The molecular formula is C38H52N10O13P2. The minimum atomic E-state index is -1.61. The number of H-pyrrole nitrogens is 2. The molecule has 4 aliphatic heterocycles. The maximum atomic E-state index is 12.9. The molecule has 0 aromatic carbocycles. The van der Waals surface area contributed by atoms with Crippen LogP contribution in [0.25, 0.3) is 22.3 Å². The quantitative estimate of drug-likeness (QED) is 0.149. The summed E-state index contributed by atoms with van der Waals surface area (Å²) >= 11 is 0. The molecule has 0 radical (unpaired) electrons. The molecule has 342 valence electrons. The van der Waals surface area contributed by atoms with Crippen molar-refractivity contribution in [3.05, 3.63) is 65.7 Å². The zero-order valence-corrected chi connectivity index (χ0v) is 38.4. The van der Waals surface area contributed by atoms with E-state index < -0.39 is 82.2 Å². The molecule has 7 rings (SSSR count). The van der Waals surface area contributed by atoms with E-state index in [2.05, 4.69) is 19.9 Å². The summed E-state index contributed by atoms with van der Waals surface area (Å²) in [5, 5.41) is 0. The van der Waals surface area contributed by atoms with Gasteiger partial charge >= 0.3 is 5.69 Å². The van der Waals surface area contributed by atoms with Crippen molar-refractivity contribution < 1.29 is 46.7 Å². The van der Waals surface area contributed by atoms with Crippen molar-refractivity contribution in [1.29, 1.82) is 0 Å². The number of aromatic nitrogens is 6. The fourth-order valence-corrected chi connectivity index (χ4v) is 9.68. The standard InChI is InChI=1S/C19H25N6O6P.C19H27N4O7P/c1-6-10-13(31-32(20)29-5)9(3)19(30-10)25-14(11-8(2)17(27)24(4)18(11)28)23-12-15(25)21-7-22-16(12)26;1-7-11-14(30-31(20)28-6)9(3)18(29-11)23-10(4)13(15(24)21-19(23)27)12-8(2)16(25)22(5)17(12)26/h7,9-10,13,19H,6,20H2,1-5H3,(H,21,22,26);9,11,14,18H,7,20H2,1-6H3,(H,21,24,27). The topological polar surface area (TPSA) is 301 Å². The van der Waals surface area contributed by atoms with Gasteiger partial charge in [0.1, 0.15) is 12.5 Å².